The van der Waals surface area contributed by atoms with Crippen LogP contribution >= 0.6 is 0 Å². The lowest BCUT2D eigenvalue weighted by atomic mass is 10.2. The molecule has 1 heterocycles. The van der Waals surface area contributed by atoms with Gasteiger partial charge in [0, 0.05) is 40.5 Å². The van der Waals surface area contributed by atoms with E-state index in [1.165, 1.54) is 0 Å². The number of hydrogen-bond acceptors (Lipinski definition) is 4. The fourth-order valence-electron chi connectivity index (χ4n) is 1.88. The third-order valence-electron chi connectivity index (χ3n) is 2.91. The Morgan fingerprint density at radius 2 is 2.16 bits per heavy atom. The zero-order chi connectivity index (χ0) is 13.8. The maximum Gasteiger partial charge on any atom is 0.191 e. The van der Waals surface area contributed by atoms with Crippen LogP contribution in [0.4, 0.5) is 0 Å². The van der Waals surface area contributed by atoms with Gasteiger partial charge in [0.05, 0.1) is 19.3 Å². The van der Waals surface area contributed by atoms with Gasteiger partial charge in [0.25, 0.3) is 0 Å². The summed E-state index contributed by atoms with van der Waals surface area (Å²) in [6.45, 7) is 4.60. The van der Waals surface area contributed by atoms with Crippen molar-refractivity contribution < 1.29 is 14.2 Å². The first-order chi connectivity index (χ1) is 9.36. The van der Waals surface area contributed by atoms with Crippen molar-refractivity contribution in [3.05, 3.63) is 0 Å². The molecule has 1 rings (SSSR count). The molecule has 0 aromatic rings. The first kappa shape index (κ1) is 16.2. The second kappa shape index (κ2) is 11.0. The minimum Gasteiger partial charge on any atom is -0.385 e. The Morgan fingerprint density at radius 3 is 2.84 bits per heavy atom. The Morgan fingerprint density at radius 1 is 1.32 bits per heavy atom. The van der Waals surface area contributed by atoms with Crippen LogP contribution in [0.5, 0.6) is 0 Å². The normalized spacial score (nSPS) is 19.7. The number of methoxy groups -OCH3 is 1. The summed E-state index contributed by atoms with van der Waals surface area (Å²) in [5.41, 5.74) is 0. The quantitative estimate of drug-likeness (QED) is 0.361. The number of guanidine groups is 1. The average Bonchev–Trinajstić information content (AvgIpc) is 2.94. The summed E-state index contributed by atoms with van der Waals surface area (Å²) in [5, 5.41) is 6.42. The van der Waals surface area contributed by atoms with Gasteiger partial charge in [0.2, 0.25) is 0 Å². The third kappa shape index (κ3) is 8.02. The van der Waals surface area contributed by atoms with E-state index in [1.54, 1.807) is 14.2 Å². The summed E-state index contributed by atoms with van der Waals surface area (Å²) >= 11 is 0. The van der Waals surface area contributed by atoms with Crippen LogP contribution in [0.3, 0.4) is 0 Å². The second-order valence-corrected chi connectivity index (χ2v) is 4.48. The van der Waals surface area contributed by atoms with Gasteiger partial charge in [-0.05, 0) is 19.3 Å². The predicted molar refractivity (Wildman–Crippen MR) is 75.7 cm³/mol. The minimum atomic E-state index is 0.298. The first-order valence-corrected chi connectivity index (χ1v) is 6.99. The van der Waals surface area contributed by atoms with Crippen LogP contribution < -0.4 is 10.6 Å². The lowest BCUT2D eigenvalue weighted by Gasteiger charge is -2.13. The lowest BCUT2D eigenvalue weighted by Crippen LogP contribution is -2.39. The summed E-state index contributed by atoms with van der Waals surface area (Å²) in [6, 6.07) is 0. The molecule has 0 amide bonds. The molecule has 0 spiro atoms. The number of aliphatic imine (C=N–C) groups is 1. The Hall–Kier alpha value is -0.850. The molecule has 0 aromatic carbocycles. The van der Waals surface area contributed by atoms with Gasteiger partial charge in [-0.1, -0.05) is 0 Å². The fraction of sp³-hybridized carbons (Fsp3) is 0.923. The standard InChI is InChI=1S/C13H27N3O3/c1-14-13(15-6-4-8-17-2)16-7-10-18-11-12-5-3-9-19-12/h12H,3-11H2,1-2H3,(H2,14,15,16). The summed E-state index contributed by atoms with van der Waals surface area (Å²) < 4.78 is 16.0. The number of ether oxygens (including phenoxy) is 3. The Kier molecular flexibility index (Phi) is 9.40. The van der Waals surface area contributed by atoms with Crippen LogP contribution in [0.1, 0.15) is 19.3 Å². The number of nitrogens with one attached hydrogen (secondary N) is 2. The highest BCUT2D eigenvalue weighted by molar-refractivity contribution is 5.79. The van der Waals surface area contributed by atoms with Crippen LogP contribution in [0.2, 0.25) is 0 Å². The molecule has 0 aliphatic carbocycles. The molecule has 1 fully saturated rings. The van der Waals surface area contributed by atoms with Crippen molar-refractivity contribution in [2.75, 3.05) is 53.7 Å². The van der Waals surface area contributed by atoms with E-state index >= 15 is 0 Å². The minimum absolute atomic E-state index is 0.298. The lowest BCUT2D eigenvalue weighted by molar-refractivity contribution is 0.0191. The third-order valence-corrected chi connectivity index (χ3v) is 2.91. The van der Waals surface area contributed by atoms with E-state index in [0.717, 1.165) is 51.5 Å². The van der Waals surface area contributed by atoms with E-state index in [2.05, 4.69) is 15.6 Å². The van der Waals surface area contributed by atoms with Gasteiger partial charge in [0.15, 0.2) is 5.96 Å². The monoisotopic (exact) mass is 273 g/mol. The highest BCUT2D eigenvalue weighted by Crippen LogP contribution is 2.11. The van der Waals surface area contributed by atoms with Gasteiger partial charge >= 0.3 is 0 Å². The molecule has 19 heavy (non-hydrogen) atoms. The van der Waals surface area contributed by atoms with Crippen LogP contribution in [0.25, 0.3) is 0 Å². The molecule has 6 nitrogen and oxygen atoms in total. The van der Waals surface area contributed by atoms with Gasteiger partial charge in [-0.3, -0.25) is 4.99 Å². The van der Waals surface area contributed by atoms with Gasteiger partial charge in [0.1, 0.15) is 0 Å². The topological polar surface area (TPSA) is 64.1 Å². The Balaban J connectivity index is 1.93. The van der Waals surface area contributed by atoms with Crippen molar-refractivity contribution in [3.8, 4) is 0 Å². The van der Waals surface area contributed by atoms with E-state index in [-0.39, 0.29) is 0 Å². The maximum absolute atomic E-state index is 5.57. The smallest absolute Gasteiger partial charge is 0.191 e. The molecule has 0 radical (unpaired) electrons. The molecule has 0 bridgehead atoms. The summed E-state index contributed by atoms with van der Waals surface area (Å²) in [5.74, 6) is 0.803. The molecule has 112 valence electrons. The van der Waals surface area contributed by atoms with Gasteiger partial charge in [-0.25, -0.2) is 0 Å². The molecule has 1 unspecified atom stereocenters. The molecule has 2 N–H and O–H groups in total. The molecule has 6 heteroatoms. The predicted octanol–water partition coefficient (Wildman–Crippen LogP) is 0.384. The molecule has 1 aliphatic heterocycles. The highest BCUT2D eigenvalue weighted by atomic mass is 16.5. The van der Waals surface area contributed by atoms with Gasteiger partial charge in [-0.2, -0.15) is 0 Å². The van der Waals surface area contributed by atoms with Crippen LogP contribution in [0, 0.1) is 0 Å². The number of rotatable bonds is 9. The molecule has 1 saturated heterocycles. The van der Waals surface area contributed by atoms with Crippen molar-refractivity contribution in [1.82, 2.24) is 10.6 Å². The number of hydrogen-bond donors (Lipinski definition) is 2. The Labute approximate surface area is 115 Å². The van der Waals surface area contributed by atoms with Crippen molar-refractivity contribution in [2.45, 2.75) is 25.4 Å². The summed E-state index contributed by atoms with van der Waals surface area (Å²) in [7, 11) is 3.47. The largest absolute Gasteiger partial charge is 0.385 e. The maximum atomic E-state index is 5.57. The highest BCUT2D eigenvalue weighted by Gasteiger charge is 2.14. The van der Waals surface area contributed by atoms with Crippen molar-refractivity contribution in [1.29, 1.82) is 0 Å². The molecular formula is C13H27N3O3. The summed E-state index contributed by atoms with van der Waals surface area (Å²) in [6.07, 6.45) is 3.54. The first-order valence-electron chi connectivity index (χ1n) is 6.99. The number of nitrogens with zero attached hydrogens (tertiary/aromatic N) is 1. The van der Waals surface area contributed by atoms with Crippen LogP contribution in [0.15, 0.2) is 4.99 Å². The van der Waals surface area contributed by atoms with Gasteiger partial charge in [-0.15, -0.1) is 0 Å². The van der Waals surface area contributed by atoms with E-state index in [9.17, 15) is 0 Å². The van der Waals surface area contributed by atoms with E-state index in [0.29, 0.717) is 19.3 Å². The van der Waals surface area contributed by atoms with Gasteiger partial charge < -0.3 is 24.8 Å². The SMILES string of the molecule is CN=C(NCCCOC)NCCOCC1CCCO1. The second-order valence-electron chi connectivity index (χ2n) is 4.48. The van der Waals surface area contributed by atoms with Crippen LogP contribution in [-0.4, -0.2) is 65.7 Å². The van der Waals surface area contributed by atoms with E-state index < -0.39 is 0 Å². The zero-order valence-corrected chi connectivity index (χ0v) is 12.1. The van der Waals surface area contributed by atoms with Crippen molar-refractivity contribution >= 4 is 5.96 Å². The molecule has 0 aromatic heterocycles. The van der Waals surface area contributed by atoms with Crippen molar-refractivity contribution in [3.63, 3.8) is 0 Å². The zero-order valence-electron chi connectivity index (χ0n) is 12.1. The summed E-state index contributed by atoms with van der Waals surface area (Å²) in [4.78, 5) is 4.13. The molecule has 1 atom stereocenters. The fourth-order valence-corrected chi connectivity index (χ4v) is 1.88. The van der Waals surface area contributed by atoms with Crippen LogP contribution in [-0.2, 0) is 14.2 Å². The van der Waals surface area contributed by atoms with E-state index in [1.807, 2.05) is 0 Å². The van der Waals surface area contributed by atoms with Crippen molar-refractivity contribution in [2.24, 2.45) is 4.99 Å². The average molecular weight is 273 g/mol. The van der Waals surface area contributed by atoms with E-state index in [4.69, 9.17) is 14.2 Å². The molecular weight excluding hydrogens is 246 g/mol. The molecule has 0 saturated carbocycles. The Bertz CT molecular complexity index is 243. The molecule has 1 aliphatic rings.